The van der Waals surface area contributed by atoms with Gasteiger partial charge >= 0.3 is 5.97 Å². The number of benzene rings is 1. The quantitative estimate of drug-likeness (QED) is 0.569. The van der Waals surface area contributed by atoms with Crippen LogP contribution in [-0.2, 0) is 14.9 Å². The van der Waals surface area contributed by atoms with Crippen molar-refractivity contribution in [2.24, 2.45) is 5.41 Å². The van der Waals surface area contributed by atoms with Gasteiger partial charge in [-0.25, -0.2) is 0 Å². The molecule has 4 heterocycles. The molecule has 1 aromatic rings. The van der Waals surface area contributed by atoms with Crippen LogP contribution in [0.2, 0.25) is 0 Å². The van der Waals surface area contributed by atoms with E-state index in [1.165, 1.54) is 12.5 Å². The van der Waals surface area contributed by atoms with Gasteiger partial charge in [0.15, 0.2) is 11.5 Å². The zero-order valence-electron chi connectivity index (χ0n) is 19.0. The second-order valence-electron chi connectivity index (χ2n) is 10.1. The zero-order chi connectivity index (χ0) is 22.3. The van der Waals surface area contributed by atoms with Crippen LogP contribution in [-0.4, -0.2) is 73.6 Å². The third kappa shape index (κ3) is 2.36. The highest BCUT2D eigenvalue weighted by molar-refractivity contribution is 5.78. The lowest BCUT2D eigenvalue weighted by atomic mass is 9.52. The first-order valence-corrected chi connectivity index (χ1v) is 11.8. The van der Waals surface area contributed by atoms with Gasteiger partial charge in [0.25, 0.3) is 0 Å². The fourth-order valence-electron chi connectivity index (χ4n) is 7.75. The van der Waals surface area contributed by atoms with E-state index >= 15 is 0 Å². The Morgan fingerprint density at radius 1 is 1.38 bits per heavy atom. The summed E-state index contributed by atoms with van der Waals surface area (Å²) in [4.78, 5) is 16.6. The van der Waals surface area contributed by atoms with Crippen molar-refractivity contribution >= 4 is 11.7 Å². The maximum Gasteiger partial charge on any atom is 0.302 e. The van der Waals surface area contributed by atoms with E-state index in [9.17, 15) is 9.90 Å². The third-order valence-electron chi connectivity index (χ3n) is 8.80. The maximum atomic E-state index is 11.7. The summed E-state index contributed by atoms with van der Waals surface area (Å²) in [6, 6.07) is 4.88. The Bertz CT molecular complexity index is 995. The maximum absolute atomic E-state index is 11.7. The molecule has 0 bridgehead atoms. The number of rotatable bonds is 4. The molecule has 0 aromatic heterocycles. The molecule has 0 radical (unpaired) electrons. The number of aliphatic hydroxyl groups is 1. The van der Waals surface area contributed by atoms with Crippen LogP contribution in [0.1, 0.15) is 38.7 Å². The van der Waals surface area contributed by atoms with Gasteiger partial charge in [-0.05, 0) is 44.4 Å². The van der Waals surface area contributed by atoms with Gasteiger partial charge in [-0.3, -0.25) is 9.69 Å². The first kappa shape index (κ1) is 20.4. The van der Waals surface area contributed by atoms with Crippen LogP contribution < -0.4 is 14.4 Å². The Morgan fingerprint density at radius 3 is 3.00 bits per heavy atom. The fraction of sp³-hybridized carbons (Fsp3) is 0.640. The van der Waals surface area contributed by atoms with Gasteiger partial charge in [-0.15, -0.1) is 0 Å². The molecular weight excluding hydrogens is 408 g/mol. The molecule has 1 N–H and O–H groups in total. The molecule has 1 saturated heterocycles. The van der Waals surface area contributed by atoms with Crippen LogP contribution >= 0.6 is 0 Å². The number of carbonyl (C=O) groups is 1. The van der Waals surface area contributed by atoms with Crippen LogP contribution in [0.25, 0.3) is 0 Å². The average Bonchev–Trinajstić information content (AvgIpc) is 3.30. The highest BCUT2D eigenvalue weighted by Crippen LogP contribution is 2.67. The number of hydrogen-bond acceptors (Lipinski definition) is 7. The third-order valence-corrected chi connectivity index (χ3v) is 8.80. The van der Waals surface area contributed by atoms with Crippen molar-refractivity contribution in [3.63, 3.8) is 0 Å². The first-order valence-electron chi connectivity index (χ1n) is 11.8. The number of hydrogen-bond donors (Lipinski definition) is 1. The minimum atomic E-state index is -0.506. The number of methoxy groups -OCH3 is 1. The van der Waals surface area contributed by atoms with Crippen molar-refractivity contribution in [1.82, 2.24) is 4.90 Å². The number of aliphatic hydroxyl groups excluding tert-OH is 1. The van der Waals surface area contributed by atoms with Gasteiger partial charge < -0.3 is 24.2 Å². The van der Waals surface area contributed by atoms with Crippen LogP contribution in [0.5, 0.6) is 11.5 Å². The lowest BCUT2D eigenvalue weighted by molar-refractivity contribution is -0.144. The highest BCUT2D eigenvalue weighted by atomic mass is 16.5. The van der Waals surface area contributed by atoms with Crippen molar-refractivity contribution in [1.29, 1.82) is 0 Å². The lowest BCUT2D eigenvalue weighted by Crippen LogP contribution is -2.69. The van der Waals surface area contributed by atoms with E-state index in [-0.39, 0.29) is 29.5 Å². The number of esters is 1. The largest absolute Gasteiger partial charge is 0.493 e. The number of anilines is 1. The van der Waals surface area contributed by atoms with E-state index in [2.05, 4.69) is 34.9 Å². The minimum Gasteiger partial charge on any atom is -0.493 e. The number of fused-ring (bicyclic) bond motifs is 1. The summed E-state index contributed by atoms with van der Waals surface area (Å²) >= 11 is 0. The molecule has 7 heteroatoms. The molecule has 32 heavy (non-hydrogen) atoms. The normalized spacial score (nSPS) is 38.6. The molecule has 6 rings (SSSR count). The van der Waals surface area contributed by atoms with Gasteiger partial charge in [-0.1, -0.05) is 18.2 Å². The molecule has 5 aliphatic rings. The van der Waals surface area contributed by atoms with E-state index in [0.29, 0.717) is 26.1 Å². The van der Waals surface area contributed by atoms with E-state index < -0.39 is 11.5 Å². The number of nitrogens with zero attached hydrogens (tertiary/aromatic N) is 2. The van der Waals surface area contributed by atoms with Crippen molar-refractivity contribution in [2.75, 3.05) is 38.3 Å². The van der Waals surface area contributed by atoms with Crippen molar-refractivity contribution in [2.45, 2.75) is 62.8 Å². The topological polar surface area (TPSA) is 71.5 Å². The molecule has 1 spiro atoms. The Morgan fingerprint density at radius 2 is 2.22 bits per heavy atom. The highest BCUT2D eigenvalue weighted by Gasteiger charge is 2.71. The Kier molecular flexibility index (Phi) is 4.37. The standard InChI is InChI=1S/C25H32N2O5/c1-15-14-32-22-18(30-3)6-5-17-21(22)27(15)19-13-20(29)24(9-12-31-16(2)28)7-4-10-26-11-8-25(17,19)23(24)26/h4-7,15,19-20,23,29H,8-14H2,1-3H3/t15-,19-,20+,23-,24+,25-/m1/s1. The molecule has 0 unspecified atom stereocenters. The summed E-state index contributed by atoms with van der Waals surface area (Å²) in [6.07, 6.45) is 6.29. The van der Waals surface area contributed by atoms with Crippen molar-refractivity contribution in [3.8, 4) is 11.5 Å². The van der Waals surface area contributed by atoms with Crippen LogP contribution in [0, 0.1) is 5.41 Å². The molecule has 1 aliphatic carbocycles. The molecule has 172 valence electrons. The van der Waals surface area contributed by atoms with Crippen LogP contribution in [0.3, 0.4) is 0 Å². The molecule has 4 aliphatic heterocycles. The second-order valence-corrected chi connectivity index (χ2v) is 10.1. The molecule has 2 fully saturated rings. The van der Waals surface area contributed by atoms with Crippen LogP contribution in [0.4, 0.5) is 5.69 Å². The summed E-state index contributed by atoms with van der Waals surface area (Å²) in [5.74, 6) is 1.35. The van der Waals surface area contributed by atoms with Crippen molar-refractivity contribution in [3.05, 3.63) is 29.8 Å². The predicted octanol–water partition coefficient (Wildman–Crippen LogP) is 2.25. The van der Waals surface area contributed by atoms with Gasteiger partial charge in [0, 0.05) is 36.4 Å². The van der Waals surface area contributed by atoms with E-state index in [4.69, 9.17) is 14.2 Å². The molecular formula is C25H32N2O5. The summed E-state index contributed by atoms with van der Waals surface area (Å²) in [7, 11) is 1.69. The Labute approximate surface area is 188 Å². The molecule has 1 aromatic carbocycles. The fourth-order valence-corrected chi connectivity index (χ4v) is 7.75. The Balaban J connectivity index is 1.53. The molecule has 7 nitrogen and oxygen atoms in total. The van der Waals surface area contributed by atoms with Gasteiger partial charge in [0.05, 0.1) is 31.5 Å². The monoisotopic (exact) mass is 440 g/mol. The van der Waals surface area contributed by atoms with Crippen molar-refractivity contribution < 1.29 is 24.1 Å². The first-order chi connectivity index (χ1) is 15.4. The second kappa shape index (κ2) is 6.87. The van der Waals surface area contributed by atoms with Crippen LogP contribution in [0.15, 0.2) is 24.3 Å². The summed E-state index contributed by atoms with van der Waals surface area (Å²) < 4.78 is 17.3. The smallest absolute Gasteiger partial charge is 0.302 e. The average molecular weight is 441 g/mol. The van der Waals surface area contributed by atoms with Gasteiger partial charge in [-0.2, -0.15) is 0 Å². The van der Waals surface area contributed by atoms with E-state index in [0.717, 1.165) is 36.7 Å². The van der Waals surface area contributed by atoms with Gasteiger partial charge in [0.2, 0.25) is 0 Å². The predicted molar refractivity (Wildman–Crippen MR) is 119 cm³/mol. The van der Waals surface area contributed by atoms with E-state index in [1.54, 1.807) is 7.11 Å². The minimum absolute atomic E-state index is 0.0987. The summed E-state index contributed by atoms with van der Waals surface area (Å²) in [5, 5.41) is 11.7. The summed E-state index contributed by atoms with van der Waals surface area (Å²) in [6.45, 7) is 6.49. The van der Waals surface area contributed by atoms with E-state index in [1.807, 2.05) is 6.07 Å². The lowest BCUT2D eigenvalue weighted by Gasteiger charge is -2.59. The molecule has 1 saturated carbocycles. The zero-order valence-corrected chi connectivity index (χ0v) is 19.0. The SMILES string of the molecule is COc1ccc2c3c1OC[C@@H](C)N3[C@@H]1C[C@H](O)[C@@]3(CCOC(C)=O)C=CCN4CC[C@@]21[C@H]43. The number of carbonyl (C=O) groups excluding carboxylic acids is 1. The number of ether oxygens (including phenoxy) is 3. The van der Waals surface area contributed by atoms with Gasteiger partial charge in [0.1, 0.15) is 6.61 Å². The summed E-state index contributed by atoms with van der Waals surface area (Å²) in [5.41, 5.74) is 1.95. The Hall–Kier alpha value is -2.25. The molecule has 6 atom stereocenters. The molecule has 0 amide bonds.